The van der Waals surface area contributed by atoms with Crippen LogP contribution in [0, 0.1) is 5.92 Å². The van der Waals surface area contributed by atoms with Gasteiger partial charge >= 0.3 is 12.1 Å². The van der Waals surface area contributed by atoms with Gasteiger partial charge in [0.2, 0.25) is 5.91 Å². The summed E-state index contributed by atoms with van der Waals surface area (Å²) in [4.78, 5) is 39.8. The normalized spacial score (nSPS) is 25.2. The highest BCUT2D eigenvalue weighted by atomic mass is 16.5. The molecule has 184 valence electrons. The highest BCUT2D eigenvalue weighted by Gasteiger charge is 2.51. The Morgan fingerprint density at radius 3 is 2.31 bits per heavy atom. The fourth-order valence-corrected chi connectivity index (χ4v) is 6.36. The molecule has 0 radical (unpaired) electrons. The van der Waals surface area contributed by atoms with Gasteiger partial charge in [-0.05, 0) is 54.4 Å². The Kier molecular flexibility index (Phi) is 6.26. The Bertz CT molecular complexity index is 1100. The first-order chi connectivity index (χ1) is 17.0. The van der Waals surface area contributed by atoms with Gasteiger partial charge in [0.05, 0.1) is 5.92 Å². The van der Waals surface area contributed by atoms with Crippen LogP contribution in [0.4, 0.5) is 4.79 Å². The van der Waals surface area contributed by atoms with Crippen molar-refractivity contribution in [3.63, 3.8) is 0 Å². The van der Waals surface area contributed by atoms with E-state index in [1.807, 2.05) is 31.2 Å². The van der Waals surface area contributed by atoms with E-state index in [9.17, 15) is 19.5 Å². The number of fused-ring (bicyclic) bond motifs is 3. The molecule has 5 rings (SSSR count). The minimum Gasteiger partial charge on any atom is -0.479 e. The van der Waals surface area contributed by atoms with E-state index in [-0.39, 0.29) is 24.5 Å². The average molecular weight is 477 g/mol. The van der Waals surface area contributed by atoms with Gasteiger partial charge in [0.15, 0.2) is 0 Å². The highest BCUT2D eigenvalue weighted by molar-refractivity contribution is 5.89. The maximum absolute atomic E-state index is 13.4. The molecular formula is C28H32N2O5. The summed E-state index contributed by atoms with van der Waals surface area (Å²) in [7, 11) is 0. The molecule has 1 unspecified atom stereocenters. The summed E-state index contributed by atoms with van der Waals surface area (Å²) in [5.41, 5.74) is 3.50. The smallest absolute Gasteiger partial charge is 0.407 e. The van der Waals surface area contributed by atoms with Crippen molar-refractivity contribution in [2.45, 2.75) is 62.9 Å². The van der Waals surface area contributed by atoms with Crippen LogP contribution in [0.15, 0.2) is 48.5 Å². The zero-order valence-corrected chi connectivity index (χ0v) is 20.0. The molecule has 7 nitrogen and oxygen atoms in total. The number of likely N-dealkylation sites (tertiary alicyclic amines) is 1. The predicted octanol–water partition coefficient (Wildman–Crippen LogP) is 4.55. The SMILES string of the molecule is CCC1(C(=O)O)CCCN1C(=O)[C@H]1CCC[C@H]1NC(=O)OCC1c2ccccc2-c2ccccc21. The fourth-order valence-electron chi connectivity index (χ4n) is 6.36. The topological polar surface area (TPSA) is 95.9 Å². The Balaban J connectivity index is 1.24. The van der Waals surface area contributed by atoms with E-state index in [4.69, 9.17) is 4.74 Å². The van der Waals surface area contributed by atoms with Crippen LogP contribution in [-0.4, -0.2) is 52.7 Å². The number of carbonyl (C=O) groups is 3. The number of ether oxygens (including phenoxy) is 1. The first-order valence-electron chi connectivity index (χ1n) is 12.6. The number of aliphatic carboxylic acids is 1. The molecule has 0 aromatic heterocycles. The second kappa shape index (κ2) is 9.36. The highest BCUT2D eigenvalue weighted by Crippen LogP contribution is 2.44. The van der Waals surface area contributed by atoms with Gasteiger partial charge in [-0.25, -0.2) is 9.59 Å². The van der Waals surface area contributed by atoms with Gasteiger partial charge in [0.25, 0.3) is 0 Å². The molecule has 0 spiro atoms. The second-order valence-electron chi connectivity index (χ2n) is 9.90. The minimum absolute atomic E-state index is 0.0282. The standard InChI is InChI=1S/C28H32N2O5/c1-2-28(26(32)33)15-8-16-30(28)25(31)22-13-7-14-24(22)29-27(34)35-17-23-20-11-5-3-9-18(20)19-10-4-6-12-21(19)23/h3-6,9-12,22-24H,2,7-8,13-17H2,1H3,(H,29,34)(H,32,33)/t22-,24+,28?/m0/s1. The predicted molar refractivity (Wildman–Crippen MR) is 131 cm³/mol. The van der Waals surface area contributed by atoms with Crippen LogP contribution in [0.1, 0.15) is 62.5 Å². The lowest BCUT2D eigenvalue weighted by Gasteiger charge is -2.36. The number of carboxylic acid groups (broad SMARTS) is 1. The largest absolute Gasteiger partial charge is 0.479 e. The average Bonchev–Trinajstić information content (AvgIpc) is 3.59. The van der Waals surface area contributed by atoms with E-state index in [2.05, 4.69) is 29.6 Å². The van der Waals surface area contributed by atoms with Gasteiger partial charge in [-0.15, -0.1) is 0 Å². The van der Waals surface area contributed by atoms with Crippen LogP contribution in [0.5, 0.6) is 0 Å². The van der Waals surface area contributed by atoms with Crippen LogP contribution in [-0.2, 0) is 14.3 Å². The number of amides is 2. The lowest BCUT2D eigenvalue weighted by molar-refractivity contribution is -0.158. The van der Waals surface area contributed by atoms with E-state index in [1.165, 1.54) is 11.1 Å². The Morgan fingerprint density at radius 2 is 1.69 bits per heavy atom. The van der Waals surface area contributed by atoms with Crippen LogP contribution < -0.4 is 5.32 Å². The van der Waals surface area contributed by atoms with E-state index in [0.29, 0.717) is 38.6 Å². The van der Waals surface area contributed by atoms with Gasteiger partial charge < -0.3 is 20.1 Å². The molecular weight excluding hydrogens is 444 g/mol. The molecule has 7 heteroatoms. The summed E-state index contributed by atoms with van der Waals surface area (Å²) < 4.78 is 5.69. The lowest BCUT2D eigenvalue weighted by atomic mass is 9.91. The number of nitrogens with one attached hydrogen (secondary N) is 1. The zero-order valence-electron chi connectivity index (χ0n) is 20.0. The van der Waals surface area contributed by atoms with Crippen molar-refractivity contribution >= 4 is 18.0 Å². The number of hydrogen-bond acceptors (Lipinski definition) is 4. The molecule has 1 heterocycles. The molecule has 2 amide bonds. The third-order valence-electron chi connectivity index (χ3n) is 8.22. The first kappa shape index (κ1) is 23.4. The van der Waals surface area contributed by atoms with Gasteiger partial charge in [0, 0.05) is 18.5 Å². The zero-order chi connectivity index (χ0) is 24.6. The molecule has 1 saturated carbocycles. The number of carboxylic acids is 1. The number of benzene rings is 2. The molecule has 1 saturated heterocycles. The maximum Gasteiger partial charge on any atom is 0.407 e. The van der Waals surface area contributed by atoms with Gasteiger partial charge in [0.1, 0.15) is 12.1 Å². The monoisotopic (exact) mass is 476 g/mol. The fraction of sp³-hybridized carbons (Fsp3) is 0.464. The van der Waals surface area contributed by atoms with Gasteiger partial charge in [-0.3, -0.25) is 4.79 Å². The van der Waals surface area contributed by atoms with E-state index < -0.39 is 23.5 Å². The third-order valence-corrected chi connectivity index (χ3v) is 8.22. The molecule has 35 heavy (non-hydrogen) atoms. The summed E-state index contributed by atoms with van der Waals surface area (Å²) >= 11 is 0. The number of rotatable bonds is 6. The minimum atomic E-state index is -1.13. The third kappa shape index (κ3) is 3.97. The number of nitrogens with zero attached hydrogens (tertiary/aromatic N) is 1. The summed E-state index contributed by atoms with van der Waals surface area (Å²) in [6.07, 6.45) is 3.14. The maximum atomic E-state index is 13.4. The molecule has 3 aliphatic rings. The van der Waals surface area contributed by atoms with Crippen molar-refractivity contribution in [2.75, 3.05) is 13.2 Å². The van der Waals surface area contributed by atoms with E-state index >= 15 is 0 Å². The Labute approximate surface area is 205 Å². The molecule has 3 atom stereocenters. The summed E-state index contributed by atoms with van der Waals surface area (Å²) in [6.45, 7) is 2.49. The van der Waals surface area contributed by atoms with Crippen molar-refractivity contribution in [3.05, 3.63) is 59.7 Å². The van der Waals surface area contributed by atoms with Crippen LogP contribution in [0.25, 0.3) is 11.1 Å². The van der Waals surface area contributed by atoms with Crippen molar-refractivity contribution in [1.82, 2.24) is 10.2 Å². The van der Waals surface area contributed by atoms with Gasteiger partial charge in [-0.1, -0.05) is 61.9 Å². The van der Waals surface area contributed by atoms with Crippen molar-refractivity contribution in [3.8, 4) is 11.1 Å². The van der Waals surface area contributed by atoms with Crippen LogP contribution in [0.3, 0.4) is 0 Å². The van der Waals surface area contributed by atoms with Crippen molar-refractivity contribution in [2.24, 2.45) is 5.92 Å². The Hall–Kier alpha value is -3.35. The molecule has 1 aliphatic heterocycles. The number of hydrogen-bond donors (Lipinski definition) is 2. The number of alkyl carbamates (subject to hydrolysis) is 1. The lowest BCUT2D eigenvalue weighted by Crippen LogP contribution is -2.56. The Morgan fingerprint density at radius 1 is 1.03 bits per heavy atom. The molecule has 2 aromatic rings. The molecule has 0 bridgehead atoms. The second-order valence-corrected chi connectivity index (χ2v) is 9.90. The quantitative estimate of drug-likeness (QED) is 0.638. The summed E-state index contributed by atoms with van der Waals surface area (Å²) in [5, 5.41) is 12.8. The molecule has 2 aliphatic carbocycles. The van der Waals surface area contributed by atoms with E-state index in [1.54, 1.807) is 4.90 Å². The van der Waals surface area contributed by atoms with E-state index in [0.717, 1.165) is 17.5 Å². The van der Waals surface area contributed by atoms with Crippen molar-refractivity contribution < 1.29 is 24.2 Å². The molecule has 2 fully saturated rings. The van der Waals surface area contributed by atoms with Crippen LogP contribution >= 0.6 is 0 Å². The first-order valence-corrected chi connectivity index (χ1v) is 12.6. The van der Waals surface area contributed by atoms with Crippen molar-refractivity contribution in [1.29, 1.82) is 0 Å². The summed E-state index contributed by atoms with van der Waals surface area (Å²) in [5.74, 6) is -1.54. The summed E-state index contributed by atoms with van der Waals surface area (Å²) in [6, 6.07) is 16.0. The number of carbonyl (C=O) groups excluding carboxylic acids is 2. The van der Waals surface area contributed by atoms with Crippen LogP contribution in [0.2, 0.25) is 0 Å². The molecule has 2 N–H and O–H groups in total. The molecule has 2 aromatic carbocycles. The van der Waals surface area contributed by atoms with Gasteiger partial charge in [-0.2, -0.15) is 0 Å².